The van der Waals surface area contributed by atoms with Gasteiger partial charge in [-0.15, -0.1) is 10.2 Å². The van der Waals surface area contributed by atoms with Gasteiger partial charge in [0.15, 0.2) is 5.00 Å². The molecule has 0 spiro atoms. The van der Waals surface area contributed by atoms with E-state index < -0.39 is 0 Å². The number of rotatable bonds is 4. The maximum atomic E-state index is 9.04. The highest BCUT2D eigenvalue weighted by Gasteiger charge is 2.09. The number of nitriles is 1. The van der Waals surface area contributed by atoms with Crippen molar-refractivity contribution >= 4 is 27.9 Å². The van der Waals surface area contributed by atoms with E-state index in [-0.39, 0.29) is 0 Å². The van der Waals surface area contributed by atoms with Crippen molar-refractivity contribution in [3.05, 3.63) is 35.5 Å². The second-order valence-electron chi connectivity index (χ2n) is 4.98. The maximum Gasteiger partial charge on any atom is 0.176 e. The Balaban J connectivity index is 2.17. The van der Waals surface area contributed by atoms with Gasteiger partial charge in [-0.2, -0.15) is 9.64 Å². The summed E-state index contributed by atoms with van der Waals surface area (Å²) < 4.78 is 4.12. The number of nitrogens with zero attached hydrogens (tertiary/aromatic N) is 5. The van der Waals surface area contributed by atoms with Crippen molar-refractivity contribution in [2.24, 2.45) is 10.2 Å². The number of hydrogen-bond acceptors (Lipinski definition) is 6. The quantitative estimate of drug-likeness (QED) is 0.776. The minimum Gasteiger partial charge on any atom is -0.372 e. The zero-order valence-corrected chi connectivity index (χ0v) is 13.3. The summed E-state index contributed by atoms with van der Waals surface area (Å²) in [5.74, 6) is 0. The van der Waals surface area contributed by atoms with Gasteiger partial charge >= 0.3 is 0 Å². The molecule has 0 aliphatic carbocycles. The molecule has 0 fully saturated rings. The lowest BCUT2D eigenvalue weighted by atomic mass is 10.2. The molecule has 2 rings (SSSR count). The van der Waals surface area contributed by atoms with Gasteiger partial charge in [0.05, 0.1) is 11.4 Å². The van der Waals surface area contributed by atoms with E-state index in [4.69, 9.17) is 5.26 Å². The van der Waals surface area contributed by atoms with Gasteiger partial charge < -0.3 is 4.90 Å². The first kappa shape index (κ1) is 15.1. The predicted molar refractivity (Wildman–Crippen MR) is 85.7 cm³/mol. The molecule has 1 aromatic carbocycles. The van der Waals surface area contributed by atoms with Crippen LogP contribution in [0.15, 0.2) is 34.5 Å². The minimum absolute atomic E-state index is 0.441. The first-order valence-electron chi connectivity index (χ1n) is 6.64. The highest BCUT2D eigenvalue weighted by Crippen LogP contribution is 2.29. The third-order valence-electron chi connectivity index (χ3n) is 3.24. The van der Waals surface area contributed by atoms with Gasteiger partial charge in [-0.3, -0.25) is 0 Å². The lowest BCUT2D eigenvalue weighted by Crippen LogP contribution is -2.25. The molecule has 0 N–H and O–H groups in total. The van der Waals surface area contributed by atoms with Crippen molar-refractivity contribution in [2.75, 3.05) is 11.9 Å². The zero-order chi connectivity index (χ0) is 15.4. The SMILES string of the molecule is Cc1nsc(/N=N/c2ccc(N(C)C(C)C)cc2)c1C#N. The van der Waals surface area contributed by atoms with Crippen molar-refractivity contribution in [1.82, 2.24) is 4.37 Å². The average molecular weight is 299 g/mol. The van der Waals surface area contributed by atoms with E-state index in [1.54, 1.807) is 6.92 Å². The van der Waals surface area contributed by atoms with Crippen LogP contribution in [0, 0.1) is 18.3 Å². The molecule has 108 valence electrons. The Hall–Kier alpha value is -2.26. The number of hydrogen-bond donors (Lipinski definition) is 0. The lowest BCUT2D eigenvalue weighted by Gasteiger charge is -2.23. The minimum atomic E-state index is 0.441. The number of benzene rings is 1. The normalized spacial score (nSPS) is 11.0. The Morgan fingerprint density at radius 2 is 1.90 bits per heavy atom. The van der Waals surface area contributed by atoms with Crippen LogP contribution in [0.4, 0.5) is 16.4 Å². The largest absolute Gasteiger partial charge is 0.372 e. The molecule has 0 saturated carbocycles. The average Bonchev–Trinajstić information content (AvgIpc) is 2.85. The molecule has 0 unspecified atom stereocenters. The van der Waals surface area contributed by atoms with Gasteiger partial charge in [-0.1, -0.05) is 0 Å². The Morgan fingerprint density at radius 3 is 2.48 bits per heavy atom. The van der Waals surface area contributed by atoms with Gasteiger partial charge in [-0.05, 0) is 56.6 Å². The van der Waals surface area contributed by atoms with Crippen LogP contribution < -0.4 is 4.90 Å². The summed E-state index contributed by atoms with van der Waals surface area (Å²) in [6, 6.07) is 10.4. The Morgan fingerprint density at radius 1 is 1.24 bits per heavy atom. The van der Waals surface area contributed by atoms with Crippen molar-refractivity contribution in [3.8, 4) is 6.07 Å². The summed E-state index contributed by atoms with van der Waals surface area (Å²) in [4.78, 5) is 2.18. The summed E-state index contributed by atoms with van der Waals surface area (Å²) >= 11 is 1.19. The molecule has 0 saturated heterocycles. The second-order valence-corrected chi connectivity index (χ2v) is 5.73. The Labute approximate surface area is 128 Å². The number of aromatic nitrogens is 1. The molecule has 0 radical (unpaired) electrons. The topological polar surface area (TPSA) is 64.6 Å². The van der Waals surface area contributed by atoms with Crippen LogP contribution in [0.5, 0.6) is 0 Å². The summed E-state index contributed by atoms with van der Waals surface area (Å²) in [6.45, 7) is 6.08. The highest BCUT2D eigenvalue weighted by atomic mass is 32.1. The first-order chi connectivity index (χ1) is 10.0. The molecule has 0 atom stereocenters. The van der Waals surface area contributed by atoms with Crippen LogP contribution in [-0.2, 0) is 0 Å². The second kappa shape index (κ2) is 6.46. The van der Waals surface area contributed by atoms with E-state index in [2.05, 4.69) is 46.5 Å². The van der Waals surface area contributed by atoms with E-state index in [1.807, 2.05) is 24.3 Å². The van der Waals surface area contributed by atoms with Gasteiger partial charge in [0.2, 0.25) is 0 Å². The first-order valence-corrected chi connectivity index (χ1v) is 7.41. The van der Waals surface area contributed by atoms with Crippen molar-refractivity contribution in [2.45, 2.75) is 26.8 Å². The number of azo groups is 1. The highest BCUT2D eigenvalue weighted by molar-refractivity contribution is 7.10. The van der Waals surface area contributed by atoms with E-state index in [1.165, 1.54) is 11.5 Å². The molecule has 0 aliphatic heterocycles. The fourth-order valence-electron chi connectivity index (χ4n) is 1.71. The summed E-state index contributed by atoms with van der Waals surface area (Å²) in [5.41, 5.74) is 3.09. The van der Waals surface area contributed by atoms with E-state index in [0.717, 1.165) is 11.4 Å². The zero-order valence-electron chi connectivity index (χ0n) is 12.5. The summed E-state index contributed by atoms with van der Waals surface area (Å²) in [6.07, 6.45) is 0. The third kappa shape index (κ3) is 3.44. The molecule has 0 bridgehead atoms. The molecule has 0 aliphatic rings. The standard InChI is InChI=1S/C15H17N5S/c1-10(2)20(4)13-7-5-12(6-8-13)17-18-15-14(9-16)11(3)19-21-15/h5-8,10H,1-4H3/b18-17+. The number of aryl methyl sites for hydroxylation is 1. The molecule has 5 nitrogen and oxygen atoms in total. The van der Waals surface area contributed by atoms with E-state index >= 15 is 0 Å². The van der Waals surface area contributed by atoms with E-state index in [0.29, 0.717) is 22.3 Å². The summed E-state index contributed by atoms with van der Waals surface area (Å²) in [7, 11) is 2.06. The third-order valence-corrected chi connectivity index (χ3v) is 4.07. The molecule has 1 aromatic heterocycles. The molecule has 2 aromatic rings. The lowest BCUT2D eigenvalue weighted by molar-refractivity contribution is 0.755. The monoisotopic (exact) mass is 299 g/mol. The van der Waals surface area contributed by atoms with Crippen LogP contribution in [0.25, 0.3) is 0 Å². The predicted octanol–water partition coefficient (Wildman–Crippen LogP) is 4.58. The van der Waals surface area contributed by atoms with E-state index in [9.17, 15) is 0 Å². The fraction of sp³-hybridized carbons (Fsp3) is 0.333. The van der Waals surface area contributed by atoms with Crippen LogP contribution in [-0.4, -0.2) is 17.5 Å². The van der Waals surface area contributed by atoms with Crippen LogP contribution >= 0.6 is 11.5 Å². The molecular formula is C15H17N5S. The Kier molecular flexibility index (Phi) is 4.66. The van der Waals surface area contributed by atoms with Crippen molar-refractivity contribution in [1.29, 1.82) is 5.26 Å². The van der Waals surface area contributed by atoms with Crippen LogP contribution in [0.2, 0.25) is 0 Å². The fourth-order valence-corrected chi connectivity index (χ4v) is 2.39. The molecule has 0 amide bonds. The number of anilines is 1. The van der Waals surface area contributed by atoms with Crippen LogP contribution in [0.1, 0.15) is 25.1 Å². The van der Waals surface area contributed by atoms with Crippen molar-refractivity contribution < 1.29 is 0 Å². The molecule has 1 heterocycles. The van der Waals surface area contributed by atoms with Gasteiger partial charge in [0.1, 0.15) is 11.6 Å². The smallest absolute Gasteiger partial charge is 0.176 e. The summed E-state index contributed by atoms with van der Waals surface area (Å²) in [5, 5.41) is 17.9. The Bertz CT molecular complexity index is 679. The van der Waals surface area contributed by atoms with Gasteiger partial charge in [0.25, 0.3) is 0 Å². The van der Waals surface area contributed by atoms with Gasteiger partial charge in [-0.25, -0.2) is 0 Å². The molecular weight excluding hydrogens is 282 g/mol. The molecule has 6 heteroatoms. The molecule has 21 heavy (non-hydrogen) atoms. The van der Waals surface area contributed by atoms with Gasteiger partial charge in [0, 0.05) is 18.8 Å². The van der Waals surface area contributed by atoms with Crippen molar-refractivity contribution in [3.63, 3.8) is 0 Å². The van der Waals surface area contributed by atoms with Crippen LogP contribution in [0.3, 0.4) is 0 Å². The maximum absolute atomic E-state index is 9.04.